The van der Waals surface area contributed by atoms with E-state index in [-0.39, 0.29) is 30.5 Å². The first kappa shape index (κ1) is 16.8. The lowest BCUT2D eigenvalue weighted by Gasteiger charge is -2.16. The van der Waals surface area contributed by atoms with E-state index in [9.17, 15) is 4.79 Å². The van der Waals surface area contributed by atoms with Crippen molar-refractivity contribution in [3.8, 4) is 11.1 Å². The number of amides is 1. The number of benzene rings is 2. The second-order valence-corrected chi connectivity index (χ2v) is 6.16. The van der Waals surface area contributed by atoms with E-state index in [1.54, 1.807) is 0 Å². The third-order valence-electron chi connectivity index (χ3n) is 4.73. The van der Waals surface area contributed by atoms with Crippen LogP contribution in [0.5, 0.6) is 0 Å². The lowest BCUT2D eigenvalue weighted by atomic mass is 9.98. The molecule has 5 heteroatoms. The summed E-state index contributed by atoms with van der Waals surface area (Å²) in [4.78, 5) is 12.0. The Morgan fingerprint density at radius 1 is 1.08 bits per heavy atom. The Hall–Kier alpha value is -2.04. The molecule has 0 bridgehead atoms. The molecule has 2 aromatic rings. The second-order valence-electron chi connectivity index (χ2n) is 6.16. The first-order chi connectivity index (χ1) is 11.3. The van der Waals surface area contributed by atoms with E-state index in [1.807, 2.05) is 12.1 Å². The van der Waals surface area contributed by atoms with Gasteiger partial charge in [-0.1, -0.05) is 48.5 Å². The number of hydrogen-bond acceptors (Lipinski definition) is 3. The second kappa shape index (κ2) is 7.24. The predicted octanol–water partition coefficient (Wildman–Crippen LogP) is 3.31. The van der Waals surface area contributed by atoms with Crippen LogP contribution < -0.4 is 10.6 Å². The van der Waals surface area contributed by atoms with Gasteiger partial charge in [0.05, 0.1) is 0 Å². The highest BCUT2D eigenvalue weighted by Crippen LogP contribution is 2.44. The molecular weight excluding hydrogens is 324 g/mol. The molecule has 4 nitrogen and oxygen atoms in total. The van der Waals surface area contributed by atoms with Crippen LogP contribution >= 0.6 is 12.4 Å². The molecule has 4 rings (SSSR count). The van der Waals surface area contributed by atoms with Crippen LogP contribution in [0.3, 0.4) is 0 Å². The van der Waals surface area contributed by atoms with Crippen molar-refractivity contribution >= 4 is 18.5 Å². The van der Waals surface area contributed by atoms with Gasteiger partial charge in [-0.25, -0.2) is 4.79 Å². The summed E-state index contributed by atoms with van der Waals surface area (Å²) in [5.74, 6) is 0.120. The quantitative estimate of drug-likeness (QED) is 0.898. The Labute approximate surface area is 148 Å². The molecule has 0 unspecified atom stereocenters. The molecule has 24 heavy (non-hydrogen) atoms. The zero-order chi connectivity index (χ0) is 15.6. The number of hydrogen-bond donors (Lipinski definition) is 2. The lowest BCUT2D eigenvalue weighted by molar-refractivity contribution is 0.139. The maximum absolute atomic E-state index is 12.0. The molecule has 1 aliphatic carbocycles. The van der Waals surface area contributed by atoms with Crippen LogP contribution in [-0.2, 0) is 4.74 Å². The third kappa shape index (κ3) is 3.12. The minimum Gasteiger partial charge on any atom is -0.449 e. The molecule has 2 N–H and O–H groups in total. The minimum absolute atomic E-state index is 0. The van der Waals surface area contributed by atoms with Crippen molar-refractivity contribution in [2.24, 2.45) is 0 Å². The molecule has 0 radical (unpaired) electrons. The standard InChI is InChI=1S/C19H20N2O2.ClH/c22-19(21-13-9-10-20-11-13)23-12-18-16-7-3-1-5-14(16)15-6-2-4-8-17(15)18;/h1-8,13,18,20H,9-12H2,(H,21,22);1H/t13-;/m1./s1. The van der Waals surface area contributed by atoms with Gasteiger partial charge in [0.1, 0.15) is 6.61 Å². The number of nitrogens with one attached hydrogen (secondary N) is 2. The average Bonchev–Trinajstić information content (AvgIpc) is 3.19. The number of halogens is 1. The topological polar surface area (TPSA) is 50.4 Å². The molecule has 1 heterocycles. The zero-order valence-electron chi connectivity index (χ0n) is 13.3. The summed E-state index contributed by atoms with van der Waals surface area (Å²) < 4.78 is 5.52. The number of carbonyl (C=O) groups is 1. The fraction of sp³-hybridized carbons (Fsp3) is 0.316. The third-order valence-corrected chi connectivity index (χ3v) is 4.73. The van der Waals surface area contributed by atoms with Crippen molar-refractivity contribution in [1.82, 2.24) is 10.6 Å². The van der Waals surface area contributed by atoms with Crippen LogP contribution in [-0.4, -0.2) is 31.8 Å². The Morgan fingerprint density at radius 3 is 2.29 bits per heavy atom. The Bertz CT molecular complexity index is 683. The van der Waals surface area contributed by atoms with Gasteiger partial charge >= 0.3 is 6.09 Å². The fourth-order valence-electron chi connectivity index (χ4n) is 3.58. The van der Waals surface area contributed by atoms with Crippen LogP contribution in [0.2, 0.25) is 0 Å². The first-order valence-corrected chi connectivity index (χ1v) is 8.15. The minimum atomic E-state index is -0.319. The SMILES string of the molecule is Cl.O=C(N[C@@H]1CCNC1)OCC1c2ccccc2-c2ccccc21. The van der Waals surface area contributed by atoms with Crippen LogP contribution in [0.15, 0.2) is 48.5 Å². The monoisotopic (exact) mass is 344 g/mol. The summed E-state index contributed by atoms with van der Waals surface area (Å²) >= 11 is 0. The Kier molecular flexibility index (Phi) is 5.07. The van der Waals surface area contributed by atoms with Gasteiger partial charge < -0.3 is 15.4 Å². The van der Waals surface area contributed by atoms with Gasteiger partial charge in [-0.3, -0.25) is 0 Å². The molecule has 1 amide bonds. The van der Waals surface area contributed by atoms with Crippen molar-refractivity contribution in [3.63, 3.8) is 0 Å². The highest BCUT2D eigenvalue weighted by molar-refractivity contribution is 5.85. The summed E-state index contributed by atoms with van der Waals surface area (Å²) in [7, 11) is 0. The number of carbonyl (C=O) groups excluding carboxylic acids is 1. The molecule has 2 aromatic carbocycles. The van der Waals surface area contributed by atoms with Gasteiger partial charge in [0.25, 0.3) is 0 Å². The van der Waals surface area contributed by atoms with E-state index in [2.05, 4.69) is 47.0 Å². The van der Waals surface area contributed by atoms with Crippen molar-refractivity contribution in [1.29, 1.82) is 0 Å². The smallest absolute Gasteiger partial charge is 0.407 e. The molecule has 0 aromatic heterocycles. The van der Waals surface area contributed by atoms with Gasteiger partial charge in [-0.05, 0) is 35.2 Å². The van der Waals surface area contributed by atoms with Gasteiger partial charge in [0.15, 0.2) is 0 Å². The molecular formula is C19H21ClN2O2. The summed E-state index contributed by atoms with van der Waals surface area (Å²) in [5, 5.41) is 6.16. The predicted molar refractivity (Wildman–Crippen MR) is 96.7 cm³/mol. The van der Waals surface area contributed by atoms with E-state index >= 15 is 0 Å². The van der Waals surface area contributed by atoms with Crippen LogP contribution in [0.4, 0.5) is 4.79 Å². The highest BCUT2D eigenvalue weighted by atomic mass is 35.5. The number of ether oxygens (including phenoxy) is 1. The number of rotatable bonds is 3. The van der Waals surface area contributed by atoms with Crippen molar-refractivity contribution in [2.75, 3.05) is 19.7 Å². The van der Waals surface area contributed by atoms with E-state index in [0.717, 1.165) is 19.5 Å². The molecule has 1 fully saturated rings. The summed E-state index contributed by atoms with van der Waals surface area (Å²) in [6.07, 6.45) is 0.644. The first-order valence-electron chi connectivity index (χ1n) is 8.15. The van der Waals surface area contributed by atoms with Gasteiger partial charge in [0.2, 0.25) is 0 Å². The average molecular weight is 345 g/mol. The number of alkyl carbamates (subject to hydrolysis) is 1. The lowest BCUT2D eigenvalue weighted by Crippen LogP contribution is -2.37. The van der Waals surface area contributed by atoms with Crippen molar-refractivity contribution in [3.05, 3.63) is 59.7 Å². The van der Waals surface area contributed by atoms with E-state index in [1.165, 1.54) is 22.3 Å². The molecule has 2 aliphatic rings. The molecule has 126 valence electrons. The largest absolute Gasteiger partial charge is 0.449 e. The molecule has 1 aliphatic heterocycles. The van der Waals surface area contributed by atoms with Crippen LogP contribution in [0, 0.1) is 0 Å². The van der Waals surface area contributed by atoms with E-state index in [4.69, 9.17) is 4.74 Å². The summed E-state index contributed by atoms with van der Waals surface area (Å²) in [6, 6.07) is 16.9. The van der Waals surface area contributed by atoms with E-state index < -0.39 is 0 Å². The zero-order valence-corrected chi connectivity index (χ0v) is 14.1. The molecule has 1 saturated heterocycles. The van der Waals surface area contributed by atoms with Crippen molar-refractivity contribution in [2.45, 2.75) is 18.4 Å². The normalized spacial score (nSPS) is 18.4. The molecule has 0 saturated carbocycles. The van der Waals surface area contributed by atoms with Crippen LogP contribution in [0.1, 0.15) is 23.5 Å². The molecule has 1 atom stereocenters. The Balaban J connectivity index is 0.00000169. The van der Waals surface area contributed by atoms with Crippen molar-refractivity contribution < 1.29 is 9.53 Å². The van der Waals surface area contributed by atoms with Gasteiger partial charge in [-0.2, -0.15) is 0 Å². The van der Waals surface area contributed by atoms with Crippen LogP contribution in [0.25, 0.3) is 11.1 Å². The number of fused-ring (bicyclic) bond motifs is 3. The summed E-state index contributed by atoms with van der Waals surface area (Å²) in [6.45, 7) is 2.15. The van der Waals surface area contributed by atoms with Gasteiger partial charge in [0, 0.05) is 18.5 Å². The Morgan fingerprint density at radius 2 is 1.71 bits per heavy atom. The highest BCUT2D eigenvalue weighted by Gasteiger charge is 2.29. The molecule has 0 spiro atoms. The summed E-state index contributed by atoms with van der Waals surface area (Å²) in [5.41, 5.74) is 4.97. The maximum Gasteiger partial charge on any atom is 0.407 e. The van der Waals surface area contributed by atoms with E-state index in [0.29, 0.717) is 6.61 Å². The van der Waals surface area contributed by atoms with Gasteiger partial charge in [-0.15, -0.1) is 12.4 Å². The fourth-order valence-corrected chi connectivity index (χ4v) is 3.58. The maximum atomic E-state index is 12.0.